The first-order valence-corrected chi connectivity index (χ1v) is 4.84. The lowest BCUT2D eigenvalue weighted by Crippen LogP contribution is -2.35. The molecule has 0 saturated carbocycles. The van der Waals surface area contributed by atoms with Crippen LogP contribution < -0.4 is 0 Å². The van der Waals surface area contributed by atoms with Crippen molar-refractivity contribution < 1.29 is 9.84 Å². The Bertz CT molecular complexity index is 305. The molecule has 1 N–H and O–H groups in total. The second-order valence-corrected chi connectivity index (χ2v) is 3.85. The van der Waals surface area contributed by atoms with Crippen LogP contribution in [0.15, 0.2) is 6.20 Å². The number of rotatable bonds is 3. The maximum absolute atomic E-state index is 9.30. The Morgan fingerprint density at radius 3 is 3.07 bits per heavy atom. The average molecular weight is 197 g/mol. The minimum Gasteiger partial charge on any atom is -0.393 e. The van der Waals surface area contributed by atoms with Gasteiger partial charge in [-0.2, -0.15) is 0 Å². The van der Waals surface area contributed by atoms with Crippen molar-refractivity contribution in [3.05, 3.63) is 11.9 Å². The van der Waals surface area contributed by atoms with Gasteiger partial charge in [-0.1, -0.05) is 5.21 Å². The second kappa shape index (κ2) is 3.67. The van der Waals surface area contributed by atoms with Crippen LogP contribution in [0.5, 0.6) is 0 Å². The topological polar surface area (TPSA) is 60.2 Å². The number of aromatic nitrogens is 3. The highest BCUT2D eigenvalue weighted by Crippen LogP contribution is 2.28. The lowest BCUT2D eigenvalue weighted by Gasteiger charge is -2.24. The molecule has 14 heavy (non-hydrogen) atoms. The van der Waals surface area contributed by atoms with Crippen LogP contribution in [0.3, 0.4) is 0 Å². The Balaban J connectivity index is 2.08. The molecule has 1 unspecified atom stereocenters. The molecule has 5 nitrogen and oxygen atoms in total. The lowest BCUT2D eigenvalue weighted by molar-refractivity contribution is -0.0382. The SMILES string of the molecule is Cn1cc(CC2(CO)CCCO2)nn1. The summed E-state index contributed by atoms with van der Waals surface area (Å²) in [6, 6.07) is 0. The summed E-state index contributed by atoms with van der Waals surface area (Å²) < 4.78 is 7.24. The minimum atomic E-state index is -0.407. The number of hydrogen-bond donors (Lipinski definition) is 1. The van der Waals surface area contributed by atoms with Crippen molar-refractivity contribution >= 4 is 0 Å². The van der Waals surface area contributed by atoms with Gasteiger partial charge in [0.25, 0.3) is 0 Å². The molecular weight excluding hydrogens is 182 g/mol. The van der Waals surface area contributed by atoms with Gasteiger partial charge in [0, 0.05) is 26.3 Å². The highest BCUT2D eigenvalue weighted by Gasteiger charge is 2.35. The maximum atomic E-state index is 9.30. The summed E-state index contributed by atoms with van der Waals surface area (Å²) in [5.74, 6) is 0. The fourth-order valence-corrected chi connectivity index (χ4v) is 1.88. The van der Waals surface area contributed by atoms with E-state index in [-0.39, 0.29) is 6.61 Å². The summed E-state index contributed by atoms with van der Waals surface area (Å²) >= 11 is 0. The molecule has 78 valence electrons. The zero-order valence-electron chi connectivity index (χ0n) is 8.31. The predicted octanol–water partition coefficient (Wildman–Crippen LogP) is -0.101. The molecule has 2 rings (SSSR count). The van der Waals surface area contributed by atoms with E-state index in [1.807, 2.05) is 13.2 Å². The molecule has 1 aliphatic heterocycles. The van der Waals surface area contributed by atoms with Crippen LogP contribution in [-0.2, 0) is 18.2 Å². The number of ether oxygens (including phenoxy) is 1. The summed E-state index contributed by atoms with van der Waals surface area (Å²) in [5, 5.41) is 17.2. The first kappa shape index (κ1) is 9.61. The zero-order chi connectivity index (χ0) is 10.0. The molecule has 0 aromatic carbocycles. The monoisotopic (exact) mass is 197 g/mol. The number of aryl methyl sites for hydroxylation is 1. The van der Waals surface area contributed by atoms with Gasteiger partial charge in [0.2, 0.25) is 0 Å². The minimum absolute atomic E-state index is 0.0591. The highest BCUT2D eigenvalue weighted by atomic mass is 16.5. The molecule has 5 heteroatoms. The zero-order valence-corrected chi connectivity index (χ0v) is 8.31. The summed E-state index contributed by atoms with van der Waals surface area (Å²) in [6.45, 7) is 0.796. The van der Waals surface area contributed by atoms with Gasteiger partial charge in [-0.25, -0.2) is 0 Å². The van der Waals surface area contributed by atoms with E-state index in [1.54, 1.807) is 4.68 Å². The van der Waals surface area contributed by atoms with Crippen molar-refractivity contribution in [2.75, 3.05) is 13.2 Å². The largest absolute Gasteiger partial charge is 0.393 e. The van der Waals surface area contributed by atoms with Crippen LogP contribution in [0, 0.1) is 0 Å². The molecule has 1 aromatic heterocycles. The summed E-state index contributed by atoms with van der Waals surface area (Å²) in [7, 11) is 1.83. The Labute approximate surface area is 82.7 Å². The van der Waals surface area contributed by atoms with Crippen LogP contribution in [0.2, 0.25) is 0 Å². The molecule has 0 amide bonds. The Morgan fingerprint density at radius 2 is 2.57 bits per heavy atom. The van der Waals surface area contributed by atoms with Crippen LogP contribution in [0.1, 0.15) is 18.5 Å². The first-order valence-electron chi connectivity index (χ1n) is 4.84. The molecule has 1 aromatic rings. The Hall–Kier alpha value is -0.940. The van der Waals surface area contributed by atoms with Crippen molar-refractivity contribution in [1.29, 1.82) is 0 Å². The molecule has 1 aliphatic rings. The average Bonchev–Trinajstić information content (AvgIpc) is 2.77. The van der Waals surface area contributed by atoms with Crippen LogP contribution in [-0.4, -0.2) is 38.9 Å². The van der Waals surface area contributed by atoms with E-state index in [0.29, 0.717) is 6.42 Å². The van der Waals surface area contributed by atoms with E-state index in [4.69, 9.17) is 4.74 Å². The Kier molecular flexibility index (Phi) is 2.52. The third-order valence-electron chi connectivity index (χ3n) is 2.63. The van der Waals surface area contributed by atoms with Crippen molar-refractivity contribution in [3.8, 4) is 0 Å². The molecule has 0 spiro atoms. The normalized spacial score (nSPS) is 27.0. The molecule has 1 atom stereocenters. The van der Waals surface area contributed by atoms with Crippen molar-refractivity contribution in [1.82, 2.24) is 15.0 Å². The molecule has 2 heterocycles. The van der Waals surface area contributed by atoms with Crippen molar-refractivity contribution in [2.45, 2.75) is 24.9 Å². The molecule has 1 fully saturated rings. The Morgan fingerprint density at radius 1 is 1.71 bits per heavy atom. The molecule has 0 bridgehead atoms. The van der Waals surface area contributed by atoms with Gasteiger partial charge >= 0.3 is 0 Å². The highest BCUT2D eigenvalue weighted by molar-refractivity contribution is 5.01. The van der Waals surface area contributed by atoms with Gasteiger partial charge in [0.05, 0.1) is 17.9 Å². The van der Waals surface area contributed by atoms with Gasteiger partial charge in [0.1, 0.15) is 0 Å². The quantitative estimate of drug-likeness (QED) is 0.735. The van der Waals surface area contributed by atoms with Gasteiger partial charge in [-0.15, -0.1) is 5.10 Å². The van der Waals surface area contributed by atoms with Crippen LogP contribution in [0.4, 0.5) is 0 Å². The smallest absolute Gasteiger partial charge is 0.0969 e. The summed E-state index contributed by atoms with van der Waals surface area (Å²) in [6.07, 6.45) is 4.43. The van der Waals surface area contributed by atoms with Gasteiger partial charge in [-0.3, -0.25) is 4.68 Å². The first-order chi connectivity index (χ1) is 6.74. The van der Waals surface area contributed by atoms with Gasteiger partial charge < -0.3 is 9.84 Å². The fourth-order valence-electron chi connectivity index (χ4n) is 1.88. The molecule has 0 radical (unpaired) electrons. The van der Waals surface area contributed by atoms with Crippen molar-refractivity contribution in [3.63, 3.8) is 0 Å². The summed E-state index contributed by atoms with van der Waals surface area (Å²) in [4.78, 5) is 0. The standard InChI is InChI=1S/C9H15N3O2/c1-12-6-8(10-11-12)5-9(7-13)3-2-4-14-9/h6,13H,2-5,7H2,1H3. The van der Waals surface area contributed by atoms with Crippen LogP contribution >= 0.6 is 0 Å². The molecule has 1 saturated heterocycles. The number of aliphatic hydroxyl groups excluding tert-OH is 1. The van der Waals surface area contributed by atoms with Crippen LogP contribution in [0.25, 0.3) is 0 Å². The third kappa shape index (κ3) is 1.78. The fraction of sp³-hybridized carbons (Fsp3) is 0.778. The van der Waals surface area contributed by atoms with E-state index < -0.39 is 5.60 Å². The predicted molar refractivity (Wildman–Crippen MR) is 49.7 cm³/mol. The number of nitrogens with zero attached hydrogens (tertiary/aromatic N) is 3. The van der Waals surface area contributed by atoms with E-state index in [9.17, 15) is 5.11 Å². The lowest BCUT2D eigenvalue weighted by atomic mass is 9.95. The summed E-state index contributed by atoms with van der Waals surface area (Å²) in [5.41, 5.74) is 0.471. The van der Waals surface area contributed by atoms with E-state index in [2.05, 4.69) is 10.3 Å². The van der Waals surface area contributed by atoms with Gasteiger partial charge in [0.15, 0.2) is 0 Å². The number of aliphatic hydroxyl groups is 1. The molecule has 0 aliphatic carbocycles. The molecular formula is C9H15N3O2. The maximum Gasteiger partial charge on any atom is 0.0969 e. The van der Waals surface area contributed by atoms with Gasteiger partial charge in [-0.05, 0) is 12.8 Å². The number of hydrogen-bond acceptors (Lipinski definition) is 4. The third-order valence-corrected chi connectivity index (χ3v) is 2.63. The van der Waals surface area contributed by atoms with E-state index in [0.717, 1.165) is 25.1 Å². The van der Waals surface area contributed by atoms with Crippen molar-refractivity contribution in [2.24, 2.45) is 7.05 Å². The van der Waals surface area contributed by atoms with E-state index in [1.165, 1.54) is 0 Å². The second-order valence-electron chi connectivity index (χ2n) is 3.85. The van der Waals surface area contributed by atoms with E-state index >= 15 is 0 Å².